The zero-order valence-corrected chi connectivity index (χ0v) is 17.0. The topological polar surface area (TPSA) is 3.24 Å². The van der Waals surface area contributed by atoms with Gasteiger partial charge in [0.15, 0.2) is 0 Å². The zero-order valence-electron chi connectivity index (χ0n) is 17.0. The molecule has 3 rings (SSSR count). The molecule has 1 aliphatic heterocycles. The van der Waals surface area contributed by atoms with Crippen LogP contribution in [0.3, 0.4) is 0 Å². The van der Waals surface area contributed by atoms with Gasteiger partial charge < -0.3 is 4.90 Å². The lowest BCUT2D eigenvalue weighted by Gasteiger charge is -2.43. The maximum Gasteiger partial charge on any atom is 0.123 e. The first-order valence-electron chi connectivity index (χ1n) is 10.2. The monoisotopic (exact) mass is 347 g/mol. The van der Waals surface area contributed by atoms with Crippen LogP contribution in [0.15, 0.2) is 35.9 Å². The van der Waals surface area contributed by atoms with E-state index in [2.05, 4.69) is 45.6 Å². The summed E-state index contributed by atoms with van der Waals surface area (Å²) in [4.78, 5) is 2.30. The van der Waals surface area contributed by atoms with Crippen LogP contribution in [0.5, 0.6) is 0 Å². The number of allylic oxidation sites excluding steroid dienone is 2. The SMILES string of the molecule is CC(C)C1CN(c2ccc(F)cc2)C1.CCC.CCC1=CCCCC1. The van der Waals surface area contributed by atoms with Crippen LogP contribution in [0.2, 0.25) is 0 Å². The van der Waals surface area contributed by atoms with E-state index in [1.54, 1.807) is 5.57 Å². The molecule has 0 bridgehead atoms. The molecule has 25 heavy (non-hydrogen) atoms. The number of halogens is 1. The highest BCUT2D eigenvalue weighted by atomic mass is 19.1. The minimum absolute atomic E-state index is 0.158. The predicted octanol–water partition coefficient (Wildman–Crippen LogP) is 7.23. The minimum Gasteiger partial charge on any atom is -0.371 e. The second-order valence-electron chi connectivity index (χ2n) is 7.55. The van der Waals surface area contributed by atoms with E-state index in [4.69, 9.17) is 0 Å². The molecule has 2 aliphatic rings. The molecule has 0 N–H and O–H groups in total. The number of rotatable bonds is 3. The Morgan fingerprint density at radius 1 is 1.04 bits per heavy atom. The smallest absolute Gasteiger partial charge is 0.123 e. The third-order valence-electron chi connectivity index (χ3n) is 4.88. The van der Waals surface area contributed by atoms with Crippen molar-refractivity contribution in [3.63, 3.8) is 0 Å². The molecule has 1 heterocycles. The Morgan fingerprint density at radius 2 is 1.64 bits per heavy atom. The third-order valence-corrected chi connectivity index (χ3v) is 4.88. The summed E-state index contributed by atoms with van der Waals surface area (Å²) >= 11 is 0. The van der Waals surface area contributed by atoms with Crippen molar-refractivity contribution in [2.24, 2.45) is 11.8 Å². The van der Waals surface area contributed by atoms with E-state index >= 15 is 0 Å². The van der Waals surface area contributed by atoms with E-state index in [1.807, 2.05) is 12.1 Å². The lowest BCUT2D eigenvalue weighted by atomic mass is 9.88. The summed E-state index contributed by atoms with van der Waals surface area (Å²) in [7, 11) is 0. The average molecular weight is 348 g/mol. The fraction of sp³-hybridized carbons (Fsp3) is 0.652. The summed E-state index contributed by atoms with van der Waals surface area (Å²) < 4.78 is 12.7. The van der Waals surface area contributed by atoms with Crippen molar-refractivity contribution in [1.82, 2.24) is 0 Å². The van der Waals surface area contributed by atoms with E-state index in [-0.39, 0.29) is 5.82 Å². The largest absolute Gasteiger partial charge is 0.371 e. The van der Waals surface area contributed by atoms with Gasteiger partial charge in [-0.2, -0.15) is 0 Å². The Balaban J connectivity index is 0.000000241. The van der Waals surface area contributed by atoms with Crippen LogP contribution in [0.25, 0.3) is 0 Å². The minimum atomic E-state index is -0.158. The van der Waals surface area contributed by atoms with Crippen molar-refractivity contribution in [3.05, 3.63) is 41.7 Å². The summed E-state index contributed by atoms with van der Waals surface area (Å²) in [5.41, 5.74) is 2.82. The van der Waals surface area contributed by atoms with Crippen LogP contribution < -0.4 is 4.90 Å². The Labute approximate surface area is 155 Å². The molecule has 0 atom stereocenters. The van der Waals surface area contributed by atoms with Gasteiger partial charge >= 0.3 is 0 Å². The molecule has 2 heteroatoms. The van der Waals surface area contributed by atoms with Crippen LogP contribution in [0.1, 0.15) is 73.1 Å². The number of nitrogens with zero attached hydrogens (tertiary/aromatic N) is 1. The van der Waals surface area contributed by atoms with E-state index < -0.39 is 0 Å². The molecule has 0 radical (unpaired) electrons. The van der Waals surface area contributed by atoms with Crippen LogP contribution in [0, 0.1) is 17.7 Å². The molecule has 0 aromatic heterocycles. The standard InChI is InChI=1S/C12H16FN.C8H14.C3H8/c1-9(2)10-7-14(8-10)12-5-3-11(13)4-6-12;1-2-8-6-4-3-5-7-8;1-3-2/h3-6,9-10H,7-8H2,1-2H3;6H,2-5,7H2,1H3;3H2,1-2H3. The lowest BCUT2D eigenvalue weighted by Crippen LogP contribution is -2.49. The van der Waals surface area contributed by atoms with Crippen molar-refractivity contribution in [1.29, 1.82) is 0 Å². The Bertz CT molecular complexity index is 483. The second-order valence-corrected chi connectivity index (χ2v) is 7.55. The molecular weight excluding hydrogens is 309 g/mol. The molecule has 0 unspecified atom stereocenters. The van der Waals surface area contributed by atoms with Gasteiger partial charge in [-0.1, -0.05) is 52.7 Å². The van der Waals surface area contributed by atoms with Gasteiger partial charge in [-0.15, -0.1) is 0 Å². The van der Waals surface area contributed by atoms with Crippen LogP contribution >= 0.6 is 0 Å². The Kier molecular flexibility index (Phi) is 10.5. The fourth-order valence-electron chi connectivity index (χ4n) is 3.02. The van der Waals surface area contributed by atoms with Crippen LogP contribution in [-0.4, -0.2) is 13.1 Å². The molecule has 0 amide bonds. The normalized spacial score (nSPS) is 16.9. The Hall–Kier alpha value is -1.31. The molecule has 1 aromatic rings. The van der Waals surface area contributed by atoms with Gasteiger partial charge in [-0.3, -0.25) is 0 Å². The molecule has 1 aliphatic carbocycles. The van der Waals surface area contributed by atoms with Crippen molar-refractivity contribution in [2.45, 2.75) is 73.1 Å². The van der Waals surface area contributed by atoms with Gasteiger partial charge in [0.25, 0.3) is 0 Å². The molecule has 1 aromatic carbocycles. The maximum absolute atomic E-state index is 12.7. The van der Waals surface area contributed by atoms with Crippen molar-refractivity contribution < 1.29 is 4.39 Å². The van der Waals surface area contributed by atoms with Gasteiger partial charge in [0.2, 0.25) is 0 Å². The van der Waals surface area contributed by atoms with Gasteiger partial charge in [0.05, 0.1) is 0 Å². The Morgan fingerprint density at radius 3 is 2.04 bits per heavy atom. The van der Waals surface area contributed by atoms with E-state index in [1.165, 1.54) is 50.7 Å². The van der Waals surface area contributed by atoms with Gasteiger partial charge in [0, 0.05) is 18.8 Å². The first-order valence-corrected chi connectivity index (χ1v) is 10.2. The summed E-state index contributed by atoms with van der Waals surface area (Å²) in [6.07, 6.45) is 10.5. The number of hydrogen-bond donors (Lipinski definition) is 0. The first-order chi connectivity index (χ1) is 12.0. The second kappa shape index (κ2) is 12.1. The molecule has 1 saturated heterocycles. The highest BCUT2D eigenvalue weighted by Crippen LogP contribution is 2.28. The van der Waals surface area contributed by atoms with Crippen molar-refractivity contribution in [2.75, 3.05) is 18.0 Å². The summed E-state index contributed by atoms with van der Waals surface area (Å²) in [5.74, 6) is 1.40. The summed E-state index contributed by atoms with van der Waals surface area (Å²) in [6.45, 7) is 13.2. The van der Waals surface area contributed by atoms with Gasteiger partial charge in [-0.25, -0.2) is 4.39 Å². The van der Waals surface area contributed by atoms with E-state index in [0.717, 1.165) is 30.6 Å². The number of benzene rings is 1. The lowest BCUT2D eigenvalue weighted by molar-refractivity contribution is 0.310. The highest BCUT2D eigenvalue weighted by molar-refractivity contribution is 5.48. The van der Waals surface area contributed by atoms with Gasteiger partial charge in [0.1, 0.15) is 5.82 Å². The maximum atomic E-state index is 12.7. The molecule has 0 saturated carbocycles. The van der Waals surface area contributed by atoms with Crippen LogP contribution in [0.4, 0.5) is 10.1 Å². The molecular formula is C23H38FN. The first kappa shape index (κ1) is 21.7. The summed E-state index contributed by atoms with van der Waals surface area (Å²) in [5, 5.41) is 0. The molecule has 0 spiro atoms. The average Bonchev–Trinajstić information content (AvgIpc) is 2.57. The van der Waals surface area contributed by atoms with Crippen molar-refractivity contribution >= 4 is 5.69 Å². The van der Waals surface area contributed by atoms with E-state index in [9.17, 15) is 4.39 Å². The van der Waals surface area contributed by atoms with Gasteiger partial charge in [-0.05, 0) is 68.2 Å². The predicted molar refractivity (Wildman–Crippen MR) is 110 cm³/mol. The zero-order chi connectivity index (χ0) is 18.7. The number of hydrogen-bond acceptors (Lipinski definition) is 1. The quantitative estimate of drug-likeness (QED) is 0.521. The summed E-state index contributed by atoms with van der Waals surface area (Å²) in [6, 6.07) is 6.76. The van der Waals surface area contributed by atoms with E-state index in [0.29, 0.717) is 0 Å². The highest BCUT2D eigenvalue weighted by Gasteiger charge is 2.28. The van der Waals surface area contributed by atoms with Crippen molar-refractivity contribution in [3.8, 4) is 0 Å². The molecule has 1 nitrogen and oxygen atoms in total. The fourth-order valence-corrected chi connectivity index (χ4v) is 3.02. The third kappa shape index (κ3) is 8.07. The van der Waals surface area contributed by atoms with Crippen LogP contribution in [-0.2, 0) is 0 Å². The molecule has 142 valence electrons. The molecule has 1 fully saturated rings. The number of anilines is 1.